The number of rotatable bonds is 11. The highest BCUT2D eigenvalue weighted by Gasteiger charge is 2.22. The van der Waals surface area contributed by atoms with E-state index in [0.29, 0.717) is 5.92 Å². The second-order valence-electron chi connectivity index (χ2n) is 5.54. The summed E-state index contributed by atoms with van der Waals surface area (Å²) in [6.45, 7) is 5.36. The van der Waals surface area contributed by atoms with Crippen LogP contribution in [0.25, 0.3) is 0 Å². The van der Waals surface area contributed by atoms with Crippen molar-refractivity contribution in [3.63, 3.8) is 0 Å². The largest absolute Gasteiger partial charge is 0.508 e. The molecule has 0 rings (SSSR count). The Bertz CT molecular complexity index is 421. The van der Waals surface area contributed by atoms with Gasteiger partial charge in [0.25, 0.3) is 0 Å². The van der Waals surface area contributed by atoms with E-state index in [-0.39, 0.29) is 13.2 Å². The van der Waals surface area contributed by atoms with Gasteiger partial charge in [-0.1, -0.05) is 26.0 Å². The number of amides is 1. The number of hydrogen-bond acceptors (Lipinski definition) is 6. The number of ether oxygens (including phenoxy) is 3. The highest BCUT2D eigenvalue weighted by atomic mass is 16.7. The van der Waals surface area contributed by atoms with E-state index in [0.717, 1.165) is 25.7 Å². The van der Waals surface area contributed by atoms with Crippen molar-refractivity contribution in [3.8, 4) is 0 Å². The van der Waals surface area contributed by atoms with Crippen LogP contribution in [0, 0.1) is 5.92 Å². The summed E-state index contributed by atoms with van der Waals surface area (Å²) in [7, 11) is 1.19. The van der Waals surface area contributed by atoms with Crippen molar-refractivity contribution in [3.05, 3.63) is 12.2 Å². The number of nitrogens with one attached hydrogen (secondary N) is 1. The van der Waals surface area contributed by atoms with Crippen molar-refractivity contribution in [2.75, 3.05) is 20.3 Å². The molecule has 1 N–H and O–H groups in total. The normalized spacial score (nSPS) is 13.2. The monoisotopic (exact) mass is 343 g/mol. The number of hydrogen-bond donors (Lipinski definition) is 1. The Kier molecular flexibility index (Phi) is 12.3. The van der Waals surface area contributed by atoms with Gasteiger partial charge in [-0.3, -0.25) is 4.79 Å². The third kappa shape index (κ3) is 11.5. The molecule has 0 spiro atoms. The lowest BCUT2D eigenvalue weighted by atomic mass is 10.0. The zero-order chi connectivity index (χ0) is 18.4. The van der Waals surface area contributed by atoms with Gasteiger partial charge in [0.2, 0.25) is 5.91 Å². The third-order valence-electron chi connectivity index (χ3n) is 3.29. The molecule has 2 unspecified atom stereocenters. The average Bonchev–Trinajstić information content (AvgIpc) is 2.54. The molecule has 24 heavy (non-hydrogen) atoms. The van der Waals surface area contributed by atoms with Crippen LogP contribution < -0.4 is 5.32 Å². The van der Waals surface area contributed by atoms with Crippen molar-refractivity contribution in [1.82, 2.24) is 5.32 Å². The summed E-state index contributed by atoms with van der Waals surface area (Å²) >= 11 is 0. The molecule has 0 aromatic rings. The highest BCUT2D eigenvalue weighted by Crippen LogP contribution is 2.11. The Hall–Kier alpha value is -2.05. The van der Waals surface area contributed by atoms with Crippen LogP contribution in [-0.4, -0.2) is 44.4 Å². The summed E-state index contributed by atoms with van der Waals surface area (Å²) in [6, 6.07) is -1.04. The molecule has 7 nitrogen and oxygen atoms in total. The van der Waals surface area contributed by atoms with Crippen LogP contribution in [0.1, 0.15) is 46.5 Å². The first-order valence-corrected chi connectivity index (χ1v) is 8.20. The van der Waals surface area contributed by atoms with Gasteiger partial charge in [-0.15, -0.1) is 0 Å². The van der Waals surface area contributed by atoms with Crippen LogP contribution in [0.2, 0.25) is 0 Å². The Morgan fingerprint density at radius 2 is 1.83 bits per heavy atom. The maximum absolute atomic E-state index is 11.5. The van der Waals surface area contributed by atoms with Gasteiger partial charge in [0.05, 0.1) is 13.7 Å². The van der Waals surface area contributed by atoms with Crippen LogP contribution in [0.4, 0.5) is 4.79 Å². The molecule has 0 aliphatic heterocycles. The fourth-order valence-electron chi connectivity index (χ4n) is 1.90. The van der Waals surface area contributed by atoms with Gasteiger partial charge in [0.1, 0.15) is 6.61 Å². The molecule has 0 aromatic heterocycles. The van der Waals surface area contributed by atoms with Gasteiger partial charge in [0, 0.05) is 6.92 Å². The summed E-state index contributed by atoms with van der Waals surface area (Å²) in [6.07, 6.45) is 7.23. The predicted octanol–water partition coefficient (Wildman–Crippen LogP) is 2.59. The highest BCUT2D eigenvalue weighted by molar-refractivity contribution is 5.83. The minimum Gasteiger partial charge on any atom is -0.467 e. The second kappa shape index (κ2) is 13.4. The van der Waals surface area contributed by atoms with Crippen LogP contribution >= 0.6 is 0 Å². The van der Waals surface area contributed by atoms with Crippen molar-refractivity contribution in [2.24, 2.45) is 5.92 Å². The van der Waals surface area contributed by atoms with Gasteiger partial charge in [0.15, 0.2) is 6.04 Å². The SMILES string of the molecule is CCC=CCCC(C)CCOC(=O)OCC(NC(C)=O)C(=O)OC. The Morgan fingerprint density at radius 1 is 1.12 bits per heavy atom. The quantitative estimate of drug-likeness (QED) is 0.458. The summed E-state index contributed by atoms with van der Waals surface area (Å²) in [5.41, 5.74) is 0. The molecule has 0 aromatic carbocycles. The zero-order valence-corrected chi connectivity index (χ0v) is 15.0. The maximum atomic E-state index is 11.5. The molecule has 0 bridgehead atoms. The third-order valence-corrected chi connectivity index (χ3v) is 3.29. The molecule has 2 atom stereocenters. The lowest BCUT2D eigenvalue weighted by molar-refractivity contribution is -0.146. The lowest BCUT2D eigenvalue weighted by Crippen LogP contribution is -2.44. The first-order chi connectivity index (χ1) is 11.4. The molecule has 7 heteroatoms. The van der Waals surface area contributed by atoms with Gasteiger partial charge < -0.3 is 19.5 Å². The molecular weight excluding hydrogens is 314 g/mol. The average molecular weight is 343 g/mol. The number of esters is 1. The Labute approximate surface area is 143 Å². The predicted molar refractivity (Wildman–Crippen MR) is 89.4 cm³/mol. The van der Waals surface area contributed by atoms with Gasteiger partial charge in [-0.05, 0) is 31.6 Å². The van der Waals surface area contributed by atoms with E-state index >= 15 is 0 Å². The van der Waals surface area contributed by atoms with E-state index in [1.54, 1.807) is 0 Å². The van der Waals surface area contributed by atoms with E-state index in [4.69, 9.17) is 9.47 Å². The smallest absolute Gasteiger partial charge is 0.467 e. The van der Waals surface area contributed by atoms with E-state index in [9.17, 15) is 14.4 Å². The first-order valence-electron chi connectivity index (χ1n) is 8.20. The van der Waals surface area contributed by atoms with Crippen molar-refractivity contribution < 1.29 is 28.6 Å². The fraction of sp³-hybridized carbons (Fsp3) is 0.706. The standard InChI is InChI=1S/C17H29NO6/c1-5-6-7-8-9-13(2)10-11-23-17(21)24-12-15(16(20)22-4)18-14(3)19/h6-7,13,15H,5,8-12H2,1-4H3,(H,18,19). The van der Waals surface area contributed by atoms with Gasteiger partial charge in [-0.2, -0.15) is 0 Å². The van der Waals surface area contributed by atoms with Crippen molar-refractivity contribution in [2.45, 2.75) is 52.5 Å². The van der Waals surface area contributed by atoms with E-state index in [1.807, 2.05) is 0 Å². The van der Waals surface area contributed by atoms with Crippen molar-refractivity contribution >= 4 is 18.0 Å². The molecular formula is C17H29NO6. The first kappa shape index (κ1) is 21.9. The van der Waals surface area contributed by atoms with Crippen LogP contribution in [-0.2, 0) is 23.8 Å². The van der Waals surface area contributed by atoms with Crippen molar-refractivity contribution in [1.29, 1.82) is 0 Å². The maximum Gasteiger partial charge on any atom is 0.508 e. The summed E-state index contributed by atoms with van der Waals surface area (Å²) in [5.74, 6) is -0.679. The summed E-state index contributed by atoms with van der Waals surface area (Å²) < 4.78 is 14.3. The van der Waals surface area contributed by atoms with Crippen LogP contribution in [0.3, 0.4) is 0 Å². The van der Waals surface area contributed by atoms with E-state index in [1.165, 1.54) is 14.0 Å². The number of carbonyl (C=O) groups is 3. The number of carbonyl (C=O) groups excluding carboxylic acids is 3. The Morgan fingerprint density at radius 3 is 2.42 bits per heavy atom. The van der Waals surface area contributed by atoms with Gasteiger partial charge in [-0.25, -0.2) is 9.59 Å². The van der Waals surface area contributed by atoms with Crippen LogP contribution in [0.5, 0.6) is 0 Å². The molecule has 0 heterocycles. The van der Waals surface area contributed by atoms with Crippen LogP contribution in [0.15, 0.2) is 12.2 Å². The second-order valence-corrected chi connectivity index (χ2v) is 5.54. The number of allylic oxidation sites excluding steroid dienone is 2. The Balaban J connectivity index is 3.97. The molecule has 0 aliphatic carbocycles. The van der Waals surface area contributed by atoms with E-state index < -0.39 is 24.1 Å². The molecule has 138 valence electrons. The molecule has 0 radical (unpaired) electrons. The molecule has 0 fully saturated rings. The van der Waals surface area contributed by atoms with E-state index in [2.05, 4.69) is 36.1 Å². The number of methoxy groups -OCH3 is 1. The molecule has 0 saturated carbocycles. The summed E-state index contributed by atoms with van der Waals surface area (Å²) in [4.78, 5) is 33.9. The molecule has 1 amide bonds. The minimum absolute atomic E-state index is 0.251. The molecule has 0 aliphatic rings. The molecule has 0 saturated heterocycles. The lowest BCUT2D eigenvalue weighted by Gasteiger charge is -2.15. The summed E-state index contributed by atoms with van der Waals surface area (Å²) in [5, 5.41) is 2.34. The topological polar surface area (TPSA) is 90.9 Å². The fourth-order valence-corrected chi connectivity index (χ4v) is 1.90. The zero-order valence-electron chi connectivity index (χ0n) is 15.0. The van der Waals surface area contributed by atoms with Gasteiger partial charge >= 0.3 is 12.1 Å². The minimum atomic E-state index is -1.04.